The van der Waals surface area contributed by atoms with E-state index in [4.69, 9.17) is 5.11 Å². The first-order chi connectivity index (χ1) is 10.0. The lowest BCUT2D eigenvalue weighted by atomic mass is 10.1. The Morgan fingerprint density at radius 2 is 2.33 bits per heavy atom. The molecule has 0 aliphatic carbocycles. The second-order valence-electron chi connectivity index (χ2n) is 4.72. The van der Waals surface area contributed by atoms with Crippen molar-refractivity contribution in [3.8, 4) is 0 Å². The maximum absolute atomic E-state index is 11.2. The van der Waals surface area contributed by atoms with Crippen LogP contribution in [-0.4, -0.2) is 32.0 Å². The SMILES string of the molecule is CCCC[C@H](Nc1nc2ccc([N+](=O)[O-])cc2[nH]1)C(=O)O. The van der Waals surface area contributed by atoms with Crippen LogP contribution in [0, 0.1) is 10.1 Å². The van der Waals surface area contributed by atoms with Gasteiger partial charge >= 0.3 is 5.97 Å². The normalized spacial score (nSPS) is 12.2. The molecule has 112 valence electrons. The first-order valence-corrected chi connectivity index (χ1v) is 6.64. The fourth-order valence-electron chi connectivity index (χ4n) is 2.01. The van der Waals surface area contributed by atoms with Gasteiger partial charge in [0.25, 0.3) is 5.69 Å². The fourth-order valence-corrected chi connectivity index (χ4v) is 2.01. The molecular weight excluding hydrogens is 276 g/mol. The van der Waals surface area contributed by atoms with Crippen molar-refractivity contribution in [3.63, 3.8) is 0 Å². The Morgan fingerprint density at radius 3 is 2.95 bits per heavy atom. The maximum Gasteiger partial charge on any atom is 0.326 e. The molecule has 1 aromatic carbocycles. The molecule has 0 unspecified atom stereocenters. The summed E-state index contributed by atoms with van der Waals surface area (Å²) in [6.07, 6.45) is 2.18. The zero-order valence-corrected chi connectivity index (χ0v) is 11.5. The predicted molar refractivity (Wildman–Crippen MR) is 77.3 cm³/mol. The summed E-state index contributed by atoms with van der Waals surface area (Å²) >= 11 is 0. The Hall–Kier alpha value is -2.64. The third kappa shape index (κ3) is 3.47. The molecule has 2 rings (SSSR count). The van der Waals surface area contributed by atoms with Gasteiger partial charge < -0.3 is 15.4 Å². The number of carbonyl (C=O) groups is 1. The van der Waals surface area contributed by atoms with Gasteiger partial charge in [0.15, 0.2) is 0 Å². The van der Waals surface area contributed by atoms with Gasteiger partial charge in [-0.2, -0.15) is 0 Å². The smallest absolute Gasteiger partial charge is 0.326 e. The average Bonchev–Trinajstić information content (AvgIpc) is 2.84. The molecule has 0 radical (unpaired) electrons. The Bertz CT molecular complexity index is 667. The molecule has 0 saturated carbocycles. The number of aliphatic carboxylic acids is 1. The van der Waals surface area contributed by atoms with Crippen molar-refractivity contribution in [1.82, 2.24) is 9.97 Å². The Balaban J connectivity index is 2.21. The van der Waals surface area contributed by atoms with Gasteiger partial charge in [-0.05, 0) is 12.5 Å². The van der Waals surface area contributed by atoms with E-state index in [0.717, 1.165) is 12.8 Å². The number of hydrogen-bond acceptors (Lipinski definition) is 5. The number of aromatic nitrogens is 2. The number of carboxylic acid groups (broad SMARTS) is 1. The third-order valence-corrected chi connectivity index (χ3v) is 3.13. The van der Waals surface area contributed by atoms with E-state index in [1.807, 2.05) is 6.92 Å². The summed E-state index contributed by atoms with van der Waals surface area (Å²) in [5.41, 5.74) is 0.993. The van der Waals surface area contributed by atoms with Gasteiger partial charge in [-0.1, -0.05) is 19.8 Å². The third-order valence-electron chi connectivity index (χ3n) is 3.13. The van der Waals surface area contributed by atoms with Crippen molar-refractivity contribution < 1.29 is 14.8 Å². The van der Waals surface area contributed by atoms with Gasteiger partial charge in [-0.15, -0.1) is 0 Å². The maximum atomic E-state index is 11.2. The van der Waals surface area contributed by atoms with Gasteiger partial charge in [0.1, 0.15) is 6.04 Å². The van der Waals surface area contributed by atoms with Crippen molar-refractivity contribution in [2.45, 2.75) is 32.2 Å². The summed E-state index contributed by atoms with van der Waals surface area (Å²) in [6, 6.07) is 3.52. The summed E-state index contributed by atoms with van der Waals surface area (Å²) in [5, 5.41) is 22.7. The average molecular weight is 292 g/mol. The van der Waals surface area contributed by atoms with Gasteiger partial charge in [0.2, 0.25) is 5.95 Å². The molecule has 0 aliphatic heterocycles. The number of hydrogen-bond donors (Lipinski definition) is 3. The number of anilines is 1. The molecule has 0 aliphatic rings. The van der Waals surface area contributed by atoms with Gasteiger partial charge in [0.05, 0.1) is 16.0 Å². The van der Waals surface area contributed by atoms with Crippen molar-refractivity contribution >= 4 is 28.6 Å². The lowest BCUT2D eigenvalue weighted by Crippen LogP contribution is -2.29. The highest BCUT2D eigenvalue weighted by Gasteiger charge is 2.18. The van der Waals surface area contributed by atoms with Crippen molar-refractivity contribution in [2.24, 2.45) is 0 Å². The molecule has 0 spiro atoms. The van der Waals surface area contributed by atoms with Crippen molar-refractivity contribution in [1.29, 1.82) is 0 Å². The number of fused-ring (bicyclic) bond motifs is 1. The first-order valence-electron chi connectivity index (χ1n) is 6.64. The molecule has 0 bridgehead atoms. The largest absolute Gasteiger partial charge is 0.480 e. The molecule has 1 heterocycles. The molecule has 3 N–H and O–H groups in total. The van der Waals surface area contributed by atoms with E-state index in [2.05, 4.69) is 15.3 Å². The lowest BCUT2D eigenvalue weighted by Gasteiger charge is -2.12. The van der Waals surface area contributed by atoms with Crippen LogP contribution in [0.5, 0.6) is 0 Å². The van der Waals surface area contributed by atoms with Crippen LogP contribution in [-0.2, 0) is 4.79 Å². The van der Waals surface area contributed by atoms with Crippen LogP contribution < -0.4 is 5.32 Å². The van der Waals surface area contributed by atoms with Gasteiger partial charge in [-0.3, -0.25) is 10.1 Å². The highest BCUT2D eigenvalue weighted by Crippen LogP contribution is 2.21. The number of nitro groups is 1. The molecule has 0 amide bonds. The number of non-ortho nitro benzene ring substituents is 1. The van der Waals surface area contributed by atoms with E-state index >= 15 is 0 Å². The predicted octanol–water partition coefficient (Wildman–Crippen LogP) is 2.53. The minimum absolute atomic E-state index is 0.0431. The van der Waals surface area contributed by atoms with Crippen LogP contribution >= 0.6 is 0 Å². The minimum Gasteiger partial charge on any atom is -0.480 e. The Labute approximate surface area is 120 Å². The molecule has 8 nitrogen and oxygen atoms in total. The van der Waals surface area contributed by atoms with E-state index < -0.39 is 16.9 Å². The van der Waals surface area contributed by atoms with E-state index in [9.17, 15) is 14.9 Å². The molecule has 1 atom stereocenters. The van der Waals surface area contributed by atoms with Crippen LogP contribution in [0.2, 0.25) is 0 Å². The molecule has 2 aromatic rings. The quantitative estimate of drug-likeness (QED) is 0.532. The first kappa shape index (κ1) is 14.8. The van der Waals surface area contributed by atoms with Crippen LogP contribution in [0.4, 0.5) is 11.6 Å². The number of imidazole rings is 1. The summed E-state index contributed by atoms with van der Waals surface area (Å²) in [7, 11) is 0. The highest BCUT2D eigenvalue weighted by molar-refractivity contribution is 5.81. The number of H-pyrrole nitrogens is 1. The van der Waals surface area contributed by atoms with E-state index in [1.54, 1.807) is 0 Å². The van der Waals surface area contributed by atoms with Gasteiger partial charge in [0, 0.05) is 12.1 Å². The fraction of sp³-hybridized carbons (Fsp3) is 0.385. The van der Waals surface area contributed by atoms with Crippen LogP contribution in [0.1, 0.15) is 26.2 Å². The highest BCUT2D eigenvalue weighted by atomic mass is 16.6. The Kier molecular flexibility index (Phi) is 4.36. The number of nitro benzene ring substituents is 1. The zero-order valence-electron chi connectivity index (χ0n) is 11.5. The van der Waals surface area contributed by atoms with Crippen molar-refractivity contribution in [3.05, 3.63) is 28.3 Å². The number of aromatic amines is 1. The number of nitrogens with one attached hydrogen (secondary N) is 2. The molecule has 1 aromatic heterocycles. The monoisotopic (exact) mass is 292 g/mol. The second-order valence-corrected chi connectivity index (χ2v) is 4.72. The zero-order chi connectivity index (χ0) is 15.4. The topological polar surface area (TPSA) is 121 Å². The molecular formula is C13H16N4O4. The van der Waals surface area contributed by atoms with Gasteiger partial charge in [-0.25, -0.2) is 9.78 Å². The number of rotatable bonds is 7. The number of carboxylic acids is 1. The van der Waals surface area contributed by atoms with E-state index in [1.165, 1.54) is 18.2 Å². The number of benzene rings is 1. The summed E-state index contributed by atoms with van der Waals surface area (Å²) in [5.74, 6) is -0.649. The van der Waals surface area contributed by atoms with E-state index in [-0.39, 0.29) is 5.69 Å². The molecule has 21 heavy (non-hydrogen) atoms. The van der Waals surface area contributed by atoms with Crippen LogP contribution in [0.25, 0.3) is 11.0 Å². The molecule has 0 saturated heterocycles. The second kappa shape index (κ2) is 6.21. The molecule has 0 fully saturated rings. The van der Waals surface area contributed by atoms with Crippen LogP contribution in [0.15, 0.2) is 18.2 Å². The summed E-state index contributed by atoms with van der Waals surface area (Å²) < 4.78 is 0. The van der Waals surface area contributed by atoms with Crippen LogP contribution in [0.3, 0.4) is 0 Å². The van der Waals surface area contributed by atoms with Crippen molar-refractivity contribution in [2.75, 3.05) is 5.32 Å². The summed E-state index contributed by atoms with van der Waals surface area (Å²) in [4.78, 5) is 28.5. The Morgan fingerprint density at radius 1 is 1.57 bits per heavy atom. The standard InChI is InChI=1S/C13H16N4O4/c1-2-3-4-10(12(18)19)15-13-14-9-6-5-8(17(20)21)7-11(9)16-13/h5-7,10H,2-4H2,1H3,(H,18,19)(H2,14,15,16)/t10-/m0/s1. The van der Waals surface area contributed by atoms with E-state index in [0.29, 0.717) is 23.4 Å². The lowest BCUT2D eigenvalue weighted by molar-refractivity contribution is -0.384. The minimum atomic E-state index is -0.949. The molecule has 8 heteroatoms. The summed E-state index contributed by atoms with van der Waals surface area (Å²) in [6.45, 7) is 1.99. The number of unbranched alkanes of at least 4 members (excludes halogenated alkanes) is 1. The number of nitrogens with zero attached hydrogens (tertiary/aromatic N) is 2.